The Bertz CT molecular complexity index is 1000. The third-order valence-corrected chi connectivity index (χ3v) is 4.49. The maximum absolute atomic E-state index is 11.9. The number of hydrogen-bond donors (Lipinski definition) is 3. The normalized spacial score (nSPS) is 11.1. The molecular weight excluding hydrogens is 380 g/mol. The molecule has 3 aromatic rings. The highest BCUT2D eigenvalue weighted by atomic mass is 16.5. The molecule has 3 rings (SSSR count). The van der Waals surface area contributed by atoms with Crippen LogP contribution in [0.15, 0.2) is 36.4 Å². The Morgan fingerprint density at radius 1 is 1.10 bits per heavy atom. The molecule has 0 saturated carbocycles. The van der Waals surface area contributed by atoms with E-state index in [4.69, 9.17) is 15.5 Å². The van der Waals surface area contributed by atoms with Crippen LogP contribution >= 0.6 is 0 Å². The molecule has 0 saturated heterocycles. The van der Waals surface area contributed by atoms with Gasteiger partial charge in [0.2, 0.25) is 11.9 Å². The molecule has 0 spiro atoms. The van der Waals surface area contributed by atoms with E-state index >= 15 is 0 Å². The highest BCUT2D eigenvalue weighted by Crippen LogP contribution is 2.25. The number of fused-ring (bicyclic) bond motifs is 1. The number of nitrogens with one attached hydrogen (secondary N) is 2. The van der Waals surface area contributed by atoms with Gasteiger partial charge in [-0.2, -0.15) is 4.98 Å². The third kappa shape index (κ3) is 5.42. The molecule has 30 heavy (non-hydrogen) atoms. The highest BCUT2D eigenvalue weighted by molar-refractivity contribution is 5.92. The molecule has 8 nitrogen and oxygen atoms in total. The largest absolute Gasteiger partial charge is 0.382 e. The zero-order valence-corrected chi connectivity index (χ0v) is 17.6. The molecule has 0 radical (unpaired) electrons. The lowest BCUT2D eigenvalue weighted by Gasteiger charge is -2.11. The van der Waals surface area contributed by atoms with Gasteiger partial charge in [-0.05, 0) is 37.6 Å². The second-order valence-corrected chi connectivity index (χ2v) is 7.19. The van der Waals surface area contributed by atoms with E-state index in [1.54, 1.807) is 0 Å². The van der Waals surface area contributed by atoms with Crippen LogP contribution in [0, 0.1) is 5.92 Å². The Balaban J connectivity index is 1.82. The predicted octanol–water partition coefficient (Wildman–Crippen LogP) is 3.71. The van der Waals surface area contributed by atoms with E-state index in [-0.39, 0.29) is 17.8 Å². The van der Waals surface area contributed by atoms with Crippen molar-refractivity contribution in [3.05, 3.63) is 36.4 Å². The van der Waals surface area contributed by atoms with Crippen LogP contribution in [0.5, 0.6) is 0 Å². The number of carbonyl (C=O) groups excluding carboxylic acids is 1. The maximum atomic E-state index is 11.9. The fourth-order valence-electron chi connectivity index (χ4n) is 2.85. The van der Waals surface area contributed by atoms with Gasteiger partial charge in [0, 0.05) is 36.9 Å². The molecule has 0 atom stereocenters. The van der Waals surface area contributed by atoms with E-state index in [9.17, 15) is 4.79 Å². The van der Waals surface area contributed by atoms with Crippen molar-refractivity contribution in [1.29, 1.82) is 0 Å². The number of nitrogen functional groups attached to an aromatic ring is 1. The first-order valence-corrected chi connectivity index (χ1v) is 10.1. The van der Waals surface area contributed by atoms with Gasteiger partial charge in [0.1, 0.15) is 5.52 Å². The summed E-state index contributed by atoms with van der Waals surface area (Å²) in [6.07, 6.45) is 0.850. The summed E-state index contributed by atoms with van der Waals surface area (Å²) in [5.41, 5.74) is 9.67. The van der Waals surface area contributed by atoms with E-state index in [2.05, 4.69) is 20.6 Å². The van der Waals surface area contributed by atoms with Crippen molar-refractivity contribution < 1.29 is 9.53 Å². The summed E-state index contributed by atoms with van der Waals surface area (Å²) in [5.74, 6) is 0.728. The zero-order chi connectivity index (χ0) is 21.5. The molecule has 1 aromatic carbocycles. The van der Waals surface area contributed by atoms with E-state index in [1.807, 2.05) is 57.2 Å². The summed E-state index contributed by atoms with van der Waals surface area (Å²) < 4.78 is 5.37. The average molecular weight is 409 g/mol. The van der Waals surface area contributed by atoms with Gasteiger partial charge in [0.25, 0.3) is 0 Å². The van der Waals surface area contributed by atoms with Gasteiger partial charge >= 0.3 is 0 Å². The number of anilines is 3. The van der Waals surface area contributed by atoms with Crippen molar-refractivity contribution in [3.63, 3.8) is 0 Å². The van der Waals surface area contributed by atoms with Crippen molar-refractivity contribution in [2.75, 3.05) is 36.1 Å². The van der Waals surface area contributed by atoms with E-state index < -0.39 is 0 Å². The third-order valence-electron chi connectivity index (χ3n) is 4.49. The zero-order valence-electron chi connectivity index (χ0n) is 17.6. The molecule has 2 heterocycles. The van der Waals surface area contributed by atoms with Crippen LogP contribution in [0.3, 0.4) is 0 Å². The highest BCUT2D eigenvalue weighted by Gasteiger charge is 2.11. The first-order valence-electron chi connectivity index (χ1n) is 10.1. The van der Waals surface area contributed by atoms with E-state index in [0.29, 0.717) is 36.6 Å². The lowest BCUT2D eigenvalue weighted by Crippen LogP contribution is -2.17. The molecule has 4 N–H and O–H groups in total. The molecule has 158 valence electrons. The number of pyridine rings is 1. The lowest BCUT2D eigenvalue weighted by atomic mass is 10.1. The number of nitrogens with two attached hydrogens (primary N) is 1. The first-order chi connectivity index (χ1) is 14.5. The minimum atomic E-state index is -0.0706. The molecule has 8 heteroatoms. The second-order valence-electron chi connectivity index (χ2n) is 7.19. The number of nitrogens with zero attached hydrogens (tertiary/aromatic N) is 3. The quantitative estimate of drug-likeness (QED) is 0.462. The predicted molar refractivity (Wildman–Crippen MR) is 120 cm³/mol. The van der Waals surface area contributed by atoms with Gasteiger partial charge in [0.05, 0.1) is 11.2 Å². The van der Waals surface area contributed by atoms with Crippen molar-refractivity contribution in [1.82, 2.24) is 15.0 Å². The van der Waals surface area contributed by atoms with Gasteiger partial charge in [-0.1, -0.05) is 26.0 Å². The molecule has 0 unspecified atom stereocenters. The maximum Gasteiger partial charge on any atom is 0.226 e. The summed E-state index contributed by atoms with van der Waals surface area (Å²) in [7, 11) is 0. The molecule has 1 amide bonds. The standard InChI is InChI=1S/C22H28N6O2/c1-4-30-13-5-12-24-20-19-18(27-22(23)28-20)11-10-17(26-19)15-6-8-16(9-7-15)25-21(29)14(2)3/h6-11,14H,4-5,12-13H2,1-3H3,(H,25,29)(H3,23,24,27,28). The van der Waals surface area contributed by atoms with Gasteiger partial charge < -0.3 is 21.1 Å². The monoisotopic (exact) mass is 408 g/mol. The molecule has 0 aliphatic rings. The molecule has 0 bridgehead atoms. The molecule has 2 aromatic heterocycles. The number of aromatic nitrogens is 3. The summed E-state index contributed by atoms with van der Waals surface area (Å²) in [5, 5.41) is 6.18. The fraction of sp³-hybridized carbons (Fsp3) is 0.364. The van der Waals surface area contributed by atoms with Gasteiger partial charge in [-0.15, -0.1) is 0 Å². The Labute approximate surface area is 176 Å². The van der Waals surface area contributed by atoms with Gasteiger partial charge in [-0.25, -0.2) is 9.97 Å². The number of hydrogen-bond acceptors (Lipinski definition) is 7. The number of amides is 1. The minimum absolute atomic E-state index is 0.0126. The van der Waals surface area contributed by atoms with Crippen molar-refractivity contribution in [2.24, 2.45) is 5.92 Å². The van der Waals surface area contributed by atoms with Gasteiger partial charge in [-0.3, -0.25) is 4.79 Å². The summed E-state index contributed by atoms with van der Waals surface area (Å²) in [6, 6.07) is 11.4. The van der Waals surface area contributed by atoms with Crippen LogP contribution < -0.4 is 16.4 Å². The van der Waals surface area contributed by atoms with Crippen LogP contribution in [0.2, 0.25) is 0 Å². The summed E-state index contributed by atoms with van der Waals surface area (Å²) in [6.45, 7) is 7.78. The summed E-state index contributed by atoms with van der Waals surface area (Å²) >= 11 is 0. The van der Waals surface area contributed by atoms with Crippen LogP contribution in [0.25, 0.3) is 22.3 Å². The van der Waals surface area contributed by atoms with E-state index in [1.165, 1.54) is 0 Å². The molecule has 0 fully saturated rings. The average Bonchev–Trinajstić information content (AvgIpc) is 2.73. The van der Waals surface area contributed by atoms with Gasteiger partial charge in [0.15, 0.2) is 5.82 Å². The number of ether oxygens (including phenoxy) is 1. The first kappa shape index (κ1) is 21.4. The lowest BCUT2D eigenvalue weighted by molar-refractivity contribution is -0.118. The van der Waals surface area contributed by atoms with E-state index in [0.717, 1.165) is 23.4 Å². The summed E-state index contributed by atoms with van der Waals surface area (Å²) in [4.78, 5) is 25.2. The number of rotatable bonds is 9. The smallest absolute Gasteiger partial charge is 0.226 e. The Morgan fingerprint density at radius 2 is 1.87 bits per heavy atom. The Morgan fingerprint density at radius 3 is 2.57 bits per heavy atom. The van der Waals surface area contributed by atoms with Crippen LogP contribution in [-0.2, 0) is 9.53 Å². The van der Waals surface area contributed by atoms with Crippen molar-refractivity contribution in [2.45, 2.75) is 27.2 Å². The second kappa shape index (κ2) is 9.98. The molecule has 0 aliphatic carbocycles. The Kier molecular flexibility index (Phi) is 7.13. The van der Waals surface area contributed by atoms with Crippen molar-refractivity contribution >= 4 is 34.4 Å². The number of carbonyl (C=O) groups is 1. The number of benzene rings is 1. The molecule has 0 aliphatic heterocycles. The van der Waals surface area contributed by atoms with Crippen LogP contribution in [0.4, 0.5) is 17.5 Å². The SMILES string of the molecule is CCOCCCNc1nc(N)nc2ccc(-c3ccc(NC(=O)C(C)C)cc3)nc12. The van der Waals surface area contributed by atoms with Crippen molar-refractivity contribution in [3.8, 4) is 11.3 Å². The fourth-order valence-corrected chi connectivity index (χ4v) is 2.85. The van der Waals surface area contributed by atoms with Crippen LogP contribution in [-0.4, -0.2) is 40.6 Å². The Hall–Kier alpha value is -3.26. The van der Waals surface area contributed by atoms with Crippen LogP contribution in [0.1, 0.15) is 27.2 Å². The topological polar surface area (TPSA) is 115 Å². The molecular formula is C22H28N6O2. The minimum Gasteiger partial charge on any atom is -0.382 e.